The van der Waals surface area contributed by atoms with E-state index in [0.29, 0.717) is 38.4 Å². The molecule has 0 spiro atoms. The zero-order chi connectivity index (χ0) is 15.2. The summed E-state index contributed by atoms with van der Waals surface area (Å²) in [4.78, 5) is 3.64. The molecule has 1 aliphatic heterocycles. The van der Waals surface area contributed by atoms with Crippen molar-refractivity contribution in [1.82, 2.24) is 9.80 Å². The average molecular weight is 366 g/mol. The normalized spacial score (nSPS) is 18.3. The van der Waals surface area contributed by atoms with E-state index in [2.05, 4.69) is 15.9 Å². The highest BCUT2D eigenvalue weighted by Crippen LogP contribution is 2.25. The molecule has 0 aliphatic carbocycles. The van der Waals surface area contributed by atoms with Gasteiger partial charge in [-0.1, -0.05) is 15.9 Å². The maximum absolute atomic E-state index is 11.8. The third kappa shape index (κ3) is 4.36. The van der Waals surface area contributed by atoms with Gasteiger partial charge in [-0.3, -0.25) is 0 Å². The number of aliphatic hydroxyl groups is 1. The van der Waals surface area contributed by atoms with Gasteiger partial charge in [0.25, 0.3) is 0 Å². The standard InChI is InChI=1S/C12H20BrN3O3S/c1-20(18,19)11(10-14)12-15(5-2-4-13)7-8-16(12)6-3-9-17/h17H,2-9H2,1H3. The smallest absolute Gasteiger partial charge is 0.189 e. The van der Waals surface area contributed by atoms with Crippen molar-refractivity contribution in [3.8, 4) is 6.07 Å². The summed E-state index contributed by atoms with van der Waals surface area (Å²) in [5, 5.41) is 19.0. The number of nitriles is 1. The minimum atomic E-state index is -3.55. The molecule has 6 nitrogen and oxygen atoms in total. The van der Waals surface area contributed by atoms with Crippen LogP contribution in [0.2, 0.25) is 0 Å². The maximum Gasteiger partial charge on any atom is 0.189 e. The van der Waals surface area contributed by atoms with E-state index < -0.39 is 9.84 Å². The summed E-state index contributed by atoms with van der Waals surface area (Å²) in [6.07, 6.45) is 2.49. The Morgan fingerprint density at radius 1 is 1.35 bits per heavy atom. The Morgan fingerprint density at radius 3 is 2.30 bits per heavy atom. The van der Waals surface area contributed by atoms with E-state index in [-0.39, 0.29) is 11.5 Å². The molecule has 0 atom stereocenters. The van der Waals surface area contributed by atoms with Gasteiger partial charge in [-0.2, -0.15) is 5.26 Å². The van der Waals surface area contributed by atoms with Crippen molar-refractivity contribution in [3.05, 3.63) is 10.7 Å². The van der Waals surface area contributed by atoms with Crippen LogP contribution in [0.5, 0.6) is 0 Å². The van der Waals surface area contributed by atoms with E-state index in [1.54, 1.807) is 0 Å². The van der Waals surface area contributed by atoms with Crippen molar-refractivity contribution >= 4 is 25.8 Å². The van der Waals surface area contributed by atoms with E-state index >= 15 is 0 Å². The number of hydrogen-bond donors (Lipinski definition) is 1. The van der Waals surface area contributed by atoms with Crippen LogP contribution in [0, 0.1) is 11.3 Å². The molecule has 114 valence electrons. The van der Waals surface area contributed by atoms with Crippen LogP contribution >= 0.6 is 15.9 Å². The van der Waals surface area contributed by atoms with Gasteiger partial charge in [0.2, 0.25) is 0 Å². The van der Waals surface area contributed by atoms with E-state index in [1.807, 2.05) is 15.9 Å². The highest BCUT2D eigenvalue weighted by molar-refractivity contribution is 9.09. The lowest BCUT2D eigenvalue weighted by molar-refractivity contribution is 0.255. The number of nitrogens with zero attached hydrogens (tertiary/aromatic N) is 3. The number of alkyl halides is 1. The Hall–Kier alpha value is -0.780. The van der Waals surface area contributed by atoms with Gasteiger partial charge < -0.3 is 14.9 Å². The van der Waals surface area contributed by atoms with Crippen molar-refractivity contribution in [3.63, 3.8) is 0 Å². The van der Waals surface area contributed by atoms with Crippen molar-refractivity contribution in [2.45, 2.75) is 12.8 Å². The lowest BCUT2D eigenvalue weighted by atomic mass is 10.4. The zero-order valence-corrected chi connectivity index (χ0v) is 14.0. The molecule has 0 bridgehead atoms. The highest BCUT2D eigenvalue weighted by atomic mass is 79.9. The van der Waals surface area contributed by atoms with Crippen LogP contribution in [-0.4, -0.2) is 67.7 Å². The number of aliphatic hydroxyl groups excluding tert-OH is 1. The van der Waals surface area contributed by atoms with Crippen LogP contribution in [-0.2, 0) is 9.84 Å². The molecule has 0 saturated carbocycles. The third-order valence-electron chi connectivity index (χ3n) is 3.06. The van der Waals surface area contributed by atoms with Gasteiger partial charge >= 0.3 is 0 Å². The minimum absolute atomic E-state index is 0.0476. The number of allylic oxidation sites excluding steroid dienone is 1. The van der Waals surface area contributed by atoms with Crippen LogP contribution in [0.1, 0.15) is 12.8 Å². The quantitative estimate of drug-likeness (QED) is 0.522. The largest absolute Gasteiger partial charge is 0.396 e. The molecule has 0 aromatic carbocycles. The SMILES string of the molecule is CS(=O)(=O)C(C#N)=C1N(CCCO)CCN1CCCBr. The predicted octanol–water partition coefficient (Wildman–Crippen LogP) is 0.509. The molecule has 1 aliphatic rings. The first-order valence-electron chi connectivity index (χ1n) is 6.46. The second-order valence-electron chi connectivity index (χ2n) is 4.63. The Kier molecular flexibility index (Phi) is 6.79. The fourth-order valence-corrected chi connectivity index (χ4v) is 3.19. The Bertz CT molecular complexity index is 481. The molecule has 1 heterocycles. The van der Waals surface area contributed by atoms with Gasteiger partial charge in [0.1, 0.15) is 11.9 Å². The molecule has 20 heavy (non-hydrogen) atoms. The molecular formula is C12H20BrN3O3S. The average Bonchev–Trinajstić information content (AvgIpc) is 2.76. The van der Waals surface area contributed by atoms with Gasteiger partial charge in [0.05, 0.1) is 0 Å². The van der Waals surface area contributed by atoms with Crippen LogP contribution in [0.3, 0.4) is 0 Å². The van der Waals surface area contributed by atoms with Crippen molar-refractivity contribution in [1.29, 1.82) is 5.26 Å². The van der Waals surface area contributed by atoms with Gasteiger partial charge in [0.15, 0.2) is 14.7 Å². The number of hydrogen-bond acceptors (Lipinski definition) is 6. The Balaban J connectivity index is 3.12. The summed E-state index contributed by atoms with van der Waals surface area (Å²) < 4.78 is 23.6. The molecule has 1 saturated heterocycles. The first kappa shape index (κ1) is 17.3. The summed E-state index contributed by atoms with van der Waals surface area (Å²) in [5.41, 5.74) is 0. The fourth-order valence-electron chi connectivity index (χ4n) is 2.19. The summed E-state index contributed by atoms with van der Waals surface area (Å²) >= 11 is 3.35. The molecule has 0 radical (unpaired) electrons. The van der Waals surface area contributed by atoms with E-state index in [0.717, 1.165) is 18.0 Å². The Morgan fingerprint density at radius 2 is 1.90 bits per heavy atom. The first-order valence-corrected chi connectivity index (χ1v) is 9.48. The van der Waals surface area contributed by atoms with Crippen molar-refractivity contribution in [2.24, 2.45) is 0 Å². The molecule has 0 unspecified atom stereocenters. The molecule has 1 rings (SSSR count). The van der Waals surface area contributed by atoms with E-state index in [4.69, 9.17) is 5.11 Å². The summed E-state index contributed by atoms with van der Waals surface area (Å²) in [6.45, 7) is 2.69. The van der Waals surface area contributed by atoms with Crippen LogP contribution in [0.25, 0.3) is 0 Å². The molecular weight excluding hydrogens is 346 g/mol. The predicted molar refractivity (Wildman–Crippen MR) is 80.7 cm³/mol. The summed E-state index contributed by atoms with van der Waals surface area (Å²) in [7, 11) is -3.55. The van der Waals surface area contributed by atoms with Gasteiger partial charge in [-0.15, -0.1) is 0 Å². The third-order valence-corrected chi connectivity index (χ3v) is 4.64. The number of halogens is 1. The second kappa shape index (κ2) is 7.86. The van der Waals surface area contributed by atoms with Crippen molar-refractivity contribution < 1.29 is 13.5 Å². The fraction of sp³-hybridized carbons (Fsp3) is 0.750. The topological polar surface area (TPSA) is 84.6 Å². The zero-order valence-electron chi connectivity index (χ0n) is 11.5. The number of rotatable bonds is 7. The molecule has 0 aromatic heterocycles. The minimum Gasteiger partial charge on any atom is -0.396 e. The molecule has 0 aromatic rings. The van der Waals surface area contributed by atoms with Crippen LogP contribution in [0.4, 0.5) is 0 Å². The molecule has 0 amide bonds. The van der Waals surface area contributed by atoms with Crippen molar-refractivity contribution in [2.75, 3.05) is 44.4 Å². The number of sulfone groups is 1. The first-order chi connectivity index (χ1) is 9.45. The summed E-state index contributed by atoms with van der Waals surface area (Å²) in [5.74, 6) is 0.490. The van der Waals surface area contributed by atoms with Crippen LogP contribution < -0.4 is 0 Å². The van der Waals surface area contributed by atoms with E-state index in [9.17, 15) is 13.7 Å². The molecule has 8 heteroatoms. The van der Waals surface area contributed by atoms with Gasteiger partial charge in [-0.05, 0) is 12.8 Å². The monoisotopic (exact) mass is 365 g/mol. The molecule has 1 fully saturated rings. The van der Waals surface area contributed by atoms with Gasteiger partial charge in [-0.25, -0.2) is 8.42 Å². The van der Waals surface area contributed by atoms with Crippen LogP contribution in [0.15, 0.2) is 10.7 Å². The Labute approximate surface area is 128 Å². The van der Waals surface area contributed by atoms with E-state index in [1.165, 1.54) is 0 Å². The molecule has 1 N–H and O–H groups in total. The lowest BCUT2D eigenvalue weighted by Crippen LogP contribution is -2.28. The summed E-state index contributed by atoms with van der Waals surface area (Å²) in [6, 6.07) is 1.83. The second-order valence-corrected chi connectivity index (χ2v) is 7.38. The lowest BCUT2D eigenvalue weighted by Gasteiger charge is -2.25. The van der Waals surface area contributed by atoms with Gasteiger partial charge in [0, 0.05) is 44.4 Å². The highest BCUT2D eigenvalue weighted by Gasteiger charge is 2.31. The maximum atomic E-state index is 11.8.